The van der Waals surface area contributed by atoms with E-state index in [0.717, 1.165) is 6.42 Å². The molecule has 0 bridgehead atoms. The molecule has 4 heteroatoms. The smallest absolute Gasteiger partial charge is 0.280 e. The van der Waals surface area contributed by atoms with Gasteiger partial charge in [0.1, 0.15) is 0 Å². The Morgan fingerprint density at radius 1 is 1.60 bits per heavy atom. The molecule has 0 aromatic carbocycles. The van der Waals surface area contributed by atoms with Gasteiger partial charge in [-0.25, -0.2) is 4.57 Å². The van der Waals surface area contributed by atoms with Gasteiger partial charge < -0.3 is 0 Å². The van der Waals surface area contributed by atoms with Crippen molar-refractivity contribution < 1.29 is 13.6 Å². The van der Waals surface area contributed by atoms with Gasteiger partial charge >= 0.3 is 8.25 Å². The Hall–Kier alpha value is 0.0200. The molecule has 0 amide bonds. The maximum Gasteiger partial charge on any atom is 0.369 e. The third kappa shape index (κ3) is 2.01. The minimum absolute atomic E-state index is 0.0485. The molecular formula is C6H12O3P. The van der Waals surface area contributed by atoms with Crippen molar-refractivity contribution in [1.29, 1.82) is 0 Å². The van der Waals surface area contributed by atoms with Crippen LogP contribution in [0.4, 0.5) is 0 Å². The molecule has 1 fully saturated rings. The zero-order valence-corrected chi connectivity index (χ0v) is 7.35. The third-order valence-electron chi connectivity index (χ3n) is 1.37. The van der Waals surface area contributed by atoms with Crippen LogP contribution < -0.4 is 0 Å². The van der Waals surface area contributed by atoms with Gasteiger partial charge in [0.25, 0.3) is 0 Å². The lowest BCUT2D eigenvalue weighted by Crippen LogP contribution is -2.31. The van der Waals surface area contributed by atoms with Gasteiger partial charge in [0.05, 0.1) is 11.7 Å². The quantitative estimate of drug-likeness (QED) is 0.514. The molecule has 0 aromatic rings. The molecule has 0 saturated carbocycles. The van der Waals surface area contributed by atoms with Crippen molar-refractivity contribution >= 4 is 8.25 Å². The summed E-state index contributed by atoms with van der Waals surface area (Å²) < 4.78 is 20.7. The number of hydrogen-bond donors (Lipinski definition) is 0. The van der Waals surface area contributed by atoms with Crippen LogP contribution >= 0.6 is 8.25 Å². The third-order valence-corrected chi connectivity index (χ3v) is 2.54. The van der Waals surface area contributed by atoms with Crippen molar-refractivity contribution in [2.45, 2.75) is 38.9 Å². The minimum Gasteiger partial charge on any atom is -0.280 e. The lowest BCUT2D eigenvalue weighted by Gasteiger charge is -2.31. The second-order valence-corrected chi connectivity index (χ2v) is 4.04. The largest absolute Gasteiger partial charge is 0.369 e. The van der Waals surface area contributed by atoms with Gasteiger partial charge in [-0.15, -0.1) is 0 Å². The van der Waals surface area contributed by atoms with E-state index in [1.54, 1.807) is 0 Å². The monoisotopic (exact) mass is 163 g/mol. The van der Waals surface area contributed by atoms with E-state index >= 15 is 0 Å². The summed E-state index contributed by atoms with van der Waals surface area (Å²) in [5, 5.41) is 0. The molecule has 1 radical (unpaired) electrons. The van der Waals surface area contributed by atoms with E-state index in [9.17, 15) is 4.57 Å². The second-order valence-electron chi connectivity index (χ2n) is 3.19. The zero-order valence-electron chi connectivity index (χ0n) is 6.46. The van der Waals surface area contributed by atoms with Gasteiger partial charge in [-0.1, -0.05) is 0 Å². The minimum atomic E-state index is -1.87. The van der Waals surface area contributed by atoms with E-state index in [-0.39, 0.29) is 11.7 Å². The van der Waals surface area contributed by atoms with Crippen LogP contribution in [0.1, 0.15) is 27.2 Å². The summed E-state index contributed by atoms with van der Waals surface area (Å²) >= 11 is 0. The molecule has 0 aliphatic carbocycles. The standard InChI is InChI=1S/C6H12O3P/c1-5-4-6(2,3)9-10(7)8-5/h5H,4H2,1-3H3. The molecule has 2 unspecified atom stereocenters. The van der Waals surface area contributed by atoms with E-state index in [1.165, 1.54) is 0 Å². The normalized spacial score (nSPS) is 35.9. The summed E-state index contributed by atoms with van der Waals surface area (Å²) in [5.41, 5.74) is -0.287. The summed E-state index contributed by atoms with van der Waals surface area (Å²) in [4.78, 5) is 0. The highest BCUT2D eigenvalue weighted by Gasteiger charge is 2.32. The summed E-state index contributed by atoms with van der Waals surface area (Å²) in [5.74, 6) is 0. The maximum absolute atomic E-state index is 10.8. The molecule has 1 heterocycles. The molecule has 1 aliphatic rings. The van der Waals surface area contributed by atoms with Crippen LogP contribution in [0.15, 0.2) is 0 Å². The highest BCUT2D eigenvalue weighted by molar-refractivity contribution is 7.33. The van der Waals surface area contributed by atoms with E-state index in [4.69, 9.17) is 9.05 Å². The average molecular weight is 163 g/mol. The Kier molecular flexibility index (Phi) is 2.09. The van der Waals surface area contributed by atoms with Crippen molar-refractivity contribution in [2.24, 2.45) is 0 Å². The van der Waals surface area contributed by atoms with Crippen LogP contribution in [-0.2, 0) is 13.6 Å². The van der Waals surface area contributed by atoms with Crippen LogP contribution in [0.3, 0.4) is 0 Å². The Balaban J connectivity index is 2.59. The summed E-state index contributed by atoms with van der Waals surface area (Å²) in [6.07, 6.45) is 0.848. The van der Waals surface area contributed by atoms with Crippen molar-refractivity contribution in [3.05, 3.63) is 0 Å². The molecule has 1 aliphatic heterocycles. The number of rotatable bonds is 0. The molecule has 0 N–H and O–H groups in total. The first-order chi connectivity index (χ1) is 4.49. The van der Waals surface area contributed by atoms with Gasteiger partial charge in [0.2, 0.25) is 0 Å². The topological polar surface area (TPSA) is 35.5 Å². The molecule has 0 spiro atoms. The Morgan fingerprint density at radius 2 is 2.20 bits per heavy atom. The molecule has 3 nitrogen and oxygen atoms in total. The van der Waals surface area contributed by atoms with Crippen molar-refractivity contribution in [3.63, 3.8) is 0 Å². The Labute approximate surface area is 61.7 Å². The van der Waals surface area contributed by atoms with E-state index in [2.05, 4.69) is 0 Å². The van der Waals surface area contributed by atoms with Gasteiger partial charge in [0.15, 0.2) is 0 Å². The summed E-state index contributed by atoms with van der Waals surface area (Å²) in [6.45, 7) is 5.73. The van der Waals surface area contributed by atoms with Crippen molar-refractivity contribution in [1.82, 2.24) is 0 Å². The molecule has 10 heavy (non-hydrogen) atoms. The highest BCUT2D eigenvalue weighted by atomic mass is 31.1. The summed E-state index contributed by atoms with van der Waals surface area (Å²) in [7, 11) is -1.87. The fraction of sp³-hybridized carbons (Fsp3) is 1.00. The lowest BCUT2D eigenvalue weighted by atomic mass is 10.0. The molecule has 2 atom stereocenters. The molecule has 0 aromatic heterocycles. The highest BCUT2D eigenvalue weighted by Crippen LogP contribution is 2.41. The van der Waals surface area contributed by atoms with Crippen molar-refractivity contribution in [2.75, 3.05) is 0 Å². The van der Waals surface area contributed by atoms with Crippen molar-refractivity contribution in [3.8, 4) is 0 Å². The van der Waals surface area contributed by atoms with Crippen LogP contribution in [0.25, 0.3) is 0 Å². The summed E-state index contributed by atoms with van der Waals surface area (Å²) in [6, 6.07) is 0. The zero-order chi connectivity index (χ0) is 7.78. The van der Waals surface area contributed by atoms with E-state index in [0.29, 0.717) is 0 Å². The fourth-order valence-electron chi connectivity index (χ4n) is 1.14. The van der Waals surface area contributed by atoms with Gasteiger partial charge in [-0.2, -0.15) is 0 Å². The predicted octanol–water partition coefficient (Wildman–Crippen LogP) is 2.25. The van der Waals surface area contributed by atoms with Crippen LogP contribution in [0.2, 0.25) is 0 Å². The van der Waals surface area contributed by atoms with Gasteiger partial charge in [-0.3, -0.25) is 9.05 Å². The fourth-order valence-corrected chi connectivity index (χ4v) is 2.03. The first kappa shape index (κ1) is 8.12. The lowest BCUT2D eigenvalue weighted by molar-refractivity contribution is -0.00160. The molecule has 1 rings (SSSR count). The Morgan fingerprint density at radius 3 is 2.60 bits per heavy atom. The second kappa shape index (κ2) is 2.57. The molecule has 59 valence electrons. The van der Waals surface area contributed by atoms with E-state index < -0.39 is 8.25 Å². The molecule has 1 saturated heterocycles. The first-order valence-electron chi connectivity index (χ1n) is 3.33. The number of hydrogen-bond acceptors (Lipinski definition) is 3. The maximum atomic E-state index is 10.8. The van der Waals surface area contributed by atoms with Crippen LogP contribution in [-0.4, -0.2) is 11.7 Å². The Bertz CT molecular complexity index is 155. The first-order valence-corrected chi connectivity index (χ1v) is 4.42. The van der Waals surface area contributed by atoms with Gasteiger partial charge in [0, 0.05) is 6.42 Å². The van der Waals surface area contributed by atoms with Crippen LogP contribution in [0, 0.1) is 0 Å². The predicted molar refractivity (Wildman–Crippen MR) is 37.9 cm³/mol. The van der Waals surface area contributed by atoms with Gasteiger partial charge in [-0.05, 0) is 20.8 Å². The SMILES string of the molecule is CC1CC(C)(C)O[P](=O)O1. The van der Waals surface area contributed by atoms with Crippen LogP contribution in [0.5, 0.6) is 0 Å². The average Bonchev–Trinajstić information content (AvgIpc) is 1.54. The van der Waals surface area contributed by atoms with E-state index in [1.807, 2.05) is 20.8 Å². The molecular weight excluding hydrogens is 151 g/mol.